The van der Waals surface area contributed by atoms with Crippen LogP contribution in [0.25, 0.3) is 0 Å². The fourth-order valence-corrected chi connectivity index (χ4v) is 2.06. The van der Waals surface area contributed by atoms with Crippen LogP contribution in [0, 0.1) is 0 Å². The lowest BCUT2D eigenvalue weighted by molar-refractivity contribution is 0.101. The lowest BCUT2D eigenvalue weighted by Crippen LogP contribution is -2.00. The molecule has 0 radical (unpaired) electrons. The maximum absolute atomic E-state index is 11.3. The third-order valence-electron chi connectivity index (χ3n) is 2.58. The smallest absolute Gasteiger partial charge is 0.161 e. The van der Waals surface area contributed by atoms with Gasteiger partial charge in [-0.2, -0.15) is 0 Å². The summed E-state index contributed by atoms with van der Waals surface area (Å²) in [7, 11) is 0. The van der Waals surface area contributed by atoms with Crippen LogP contribution in [0.4, 0.5) is 17.1 Å². The zero-order chi connectivity index (χ0) is 13.1. The molecule has 92 valence electrons. The van der Waals surface area contributed by atoms with Crippen molar-refractivity contribution in [1.29, 1.82) is 0 Å². The standard InChI is InChI=1S/C14H13BrN2O/c1-9(18)11-7-6-10(8-13(11)16)17-14-5-3-2-4-12(14)15/h2-8,17H,16H2,1H3. The van der Waals surface area contributed by atoms with Gasteiger partial charge in [0.05, 0.1) is 5.69 Å². The summed E-state index contributed by atoms with van der Waals surface area (Å²) in [6.45, 7) is 1.51. The number of Topliss-reactive ketones (excluding diaryl/α,β-unsaturated/α-hetero) is 1. The number of anilines is 3. The number of nitrogens with two attached hydrogens (primary N) is 1. The van der Waals surface area contributed by atoms with Crippen LogP contribution in [-0.2, 0) is 0 Å². The molecule has 2 rings (SSSR count). The van der Waals surface area contributed by atoms with E-state index < -0.39 is 0 Å². The van der Waals surface area contributed by atoms with E-state index in [2.05, 4.69) is 21.2 Å². The molecule has 0 saturated carbocycles. The molecular weight excluding hydrogens is 292 g/mol. The van der Waals surface area contributed by atoms with Crippen molar-refractivity contribution < 1.29 is 4.79 Å². The summed E-state index contributed by atoms with van der Waals surface area (Å²) in [5, 5.41) is 3.24. The minimum absolute atomic E-state index is 0.0278. The minimum Gasteiger partial charge on any atom is -0.398 e. The summed E-state index contributed by atoms with van der Waals surface area (Å²) in [5.41, 5.74) is 8.68. The van der Waals surface area contributed by atoms with E-state index in [9.17, 15) is 4.79 Å². The summed E-state index contributed by atoms with van der Waals surface area (Å²) in [6, 6.07) is 13.1. The molecule has 0 atom stereocenters. The Morgan fingerprint density at radius 3 is 2.56 bits per heavy atom. The first-order valence-electron chi connectivity index (χ1n) is 5.50. The zero-order valence-electron chi connectivity index (χ0n) is 9.91. The van der Waals surface area contributed by atoms with Crippen LogP contribution >= 0.6 is 15.9 Å². The van der Waals surface area contributed by atoms with Crippen molar-refractivity contribution in [1.82, 2.24) is 0 Å². The van der Waals surface area contributed by atoms with Gasteiger partial charge in [-0.25, -0.2) is 0 Å². The number of para-hydroxylation sites is 1. The third-order valence-corrected chi connectivity index (χ3v) is 3.28. The Labute approximate surface area is 114 Å². The number of halogens is 1. The number of carbonyl (C=O) groups excluding carboxylic acids is 1. The molecule has 0 unspecified atom stereocenters. The Bertz CT molecular complexity index is 596. The largest absolute Gasteiger partial charge is 0.398 e. The van der Waals surface area contributed by atoms with E-state index in [-0.39, 0.29) is 5.78 Å². The molecule has 0 aliphatic heterocycles. The minimum atomic E-state index is -0.0278. The summed E-state index contributed by atoms with van der Waals surface area (Å²) < 4.78 is 0.971. The van der Waals surface area contributed by atoms with Crippen LogP contribution in [0.2, 0.25) is 0 Å². The molecule has 0 bridgehead atoms. The molecule has 2 aromatic rings. The van der Waals surface area contributed by atoms with Crippen molar-refractivity contribution in [3.8, 4) is 0 Å². The van der Waals surface area contributed by atoms with Crippen molar-refractivity contribution in [3.63, 3.8) is 0 Å². The molecule has 4 heteroatoms. The highest BCUT2D eigenvalue weighted by Gasteiger charge is 2.06. The maximum Gasteiger partial charge on any atom is 0.161 e. The molecule has 0 aliphatic carbocycles. The Kier molecular flexibility index (Phi) is 3.67. The lowest BCUT2D eigenvalue weighted by atomic mass is 10.1. The molecular formula is C14H13BrN2O. The van der Waals surface area contributed by atoms with Gasteiger partial charge in [0, 0.05) is 21.4 Å². The average Bonchev–Trinajstić information content (AvgIpc) is 2.32. The molecule has 0 saturated heterocycles. The Morgan fingerprint density at radius 2 is 1.94 bits per heavy atom. The van der Waals surface area contributed by atoms with E-state index in [1.165, 1.54) is 6.92 Å². The fraction of sp³-hybridized carbons (Fsp3) is 0.0714. The van der Waals surface area contributed by atoms with Gasteiger partial charge >= 0.3 is 0 Å². The van der Waals surface area contributed by atoms with E-state index in [1.807, 2.05) is 30.3 Å². The molecule has 3 N–H and O–H groups in total. The highest BCUT2D eigenvalue weighted by atomic mass is 79.9. The van der Waals surface area contributed by atoms with Crippen LogP contribution in [0.1, 0.15) is 17.3 Å². The number of benzene rings is 2. The van der Waals surface area contributed by atoms with E-state index in [0.717, 1.165) is 15.8 Å². The second kappa shape index (κ2) is 5.23. The fourth-order valence-electron chi connectivity index (χ4n) is 1.68. The summed E-state index contributed by atoms with van der Waals surface area (Å²) >= 11 is 3.46. The first-order valence-corrected chi connectivity index (χ1v) is 6.29. The summed E-state index contributed by atoms with van der Waals surface area (Å²) in [5.74, 6) is -0.0278. The maximum atomic E-state index is 11.3. The van der Waals surface area contributed by atoms with E-state index in [4.69, 9.17) is 5.73 Å². The first-order chi connectivity index (χ1) is 8.58. The number of hydrogen-bond acceptors (Lipinski definition) is 3. The van der Waals surface area contributed by atoms with E-state index in [1.54, 1.807) is 12.1 Å². The first kappa shape index (κ1) is 12.6. The molecule has 3 nitrogen and oxygen atoms in total. The van der Waals surface area contributed by atoms with Crippen LogP contribution in [0.3, 0.4) is 0 Å². The number of ketones is 1. The quantitative estimate of drug-likeness (QED) is 0.666. The van der Waals surface area contributed by atoms with Gasteiger partial charge in [0.1, 0.15) is 0 Å². The van der Waals surface area contributed by atoms with Crippen molar-refractivity contribution in [3.05, 3.63) is 52.5 Å². The highest BCUT2D eigenvalue weighted by molar-refractivity contribution is 9.10. The van der Waals surface area contributed by atoms with Gasteiger partial charge in [-0.3, -0.25) is 4.79 Å². The molecule has 0 fully saturated rings. The van der Waals surface area contributed by atoms with Gasteiger partial charge in [-0.05, 0) is 53.2 Å². The second-order valence-electron chi connectivity index (χ2n) is 3.96. The Balaban J connectivity index is 2.29. The van der Waals surface area contributed by atoms with Crippen LogP contribution in [0.15, 0.2) is 46.9 Å². The Morgan fingerprint density at radius 1 is 1.22 bits per heavy atom. The van der Waals surface area contributed by atoms with Gasteiger partial charge in [0.25, 0.3) is 0 Å². The zero-order valence-corrected chi connectivity index (χ0v) is 11.5. The van der Waals surface area contributed by atoms with Gasteiger partial charge < -0.3 is 11.1 Å². The van der Waals surface area contributed by atoms with E-state index >= 15 is 0 Å². The number of carbonyl (C=O) groups is 1. The predicted molar refractivity (Wildman–Crippen MR) is 78.3 cm³/mol. The predicted octanol–water partition coefficient (Wildman–Crippen LogP) is 3.98. The van der Waals surface area contributed by atoms with Gasteiger partial charge in [0.15, 0.2) is 5.78 Å². The van der Waals surface area contributed by atoms with E-state index in [0.29, 0.717) is 11.3 Å². The monoisotopic (exact) mass is 304 g/mol. The van der Waals surface area contributed by atoms with Gasteiger partial charge in [-0.15, -0.1) is 0 Å². The SMILES string of the molecule is CC(=O)c1ccc(Nc2ccccc2Br)cc1N. The van der Waals surface area contributed by atoms with Crippen molar-refractivity contribution in [2.75, 3.05) is 11.1 Å². The number of nitrogens with one attached hydrogen (secondary N) is 1. The van der Waals surface area contributed by atoms with Crippen LogP contribution < -0.4 is 11.1 Å². The molecule has 0 aliphatic rings. The summed E-state index contributed by atoms with van der Waals surface area (Å²) in [4.78, 5) is 11.3. The highest BCUT2D eigenvalue weighted by Crippen LogP contribution is 2.27. The number of rotatable bonds is 3. The molecule has 0 aromatic heterocycles. The lowest BCUT2D eigenvalue weighted by Gasteiger charge is -2.10. The molecule has 18 heavy (non-hydrogen) atoms. The van der Waals surface area contributed by atoms with Crippen LogP contribution in [-0.4, -0.2) is 5.78 Å². The second-order valence-corrected chi connectivity index (χ2v) is 4.82. The molecule has 2 aromatic carbocycles. The van der Waals surface area contributed by atoms with Gasteiger partial charge in [0.2, 0.25) is 0 Å². The van der Waals surface area contributed by atoms with Crippen molar-refractivity contribution >= 4 is 38.8 Å². The third kappa shape index (κ3) is 2.71. The molecule has 0 heterocycles. The molecule has 0 amide bonds. The van der Waals surface area contributed by atoms with Crippen LogP contribution in [0.5, 0.6) is 0 Å². The molecule has 0 spiro atoms. The van der Waals surface area contributed by atoms with Crippen molar-refractivity contribution in [2.45, 2.75) is 6.92 Å². The average molecular weight is 305 g/mol. The van der Waals surface area contributed by atoms with Crippen molar-refractivity contribution in [2.24, 2.45) is 0 Å². The number of hydrogen-bond donors (Lipinski definition) is 2. The topological polar surface area (TPSA) is 55.1 Å². The Hall–Kier alpha value is -1.81. The normalized spacial score (nSPS) is 10.1. The number of nitrogen functional groups attached to an aromatic ring is 1. The van der Waals surface area contributed by atoms with Gasteiger partial charge in [-0.1, -0.05) is 12.1 Å². The summed E-state index contributed by atoms with van der Waals surface area (Å²) in [6.07, 6.45) is 0.